The Kier molecular flexibility index (Phi) is 3.94. The fraction of sp³-hybridized carbons (Fsp3) is 0.167. The number of nitrogens with zero attached hydrogens (tertiary/aromatic N) is 1. The van der Waals surface area contributed by atoms with Crippen LogP contribution < -0.4 is 10.9 Å². The SMILES string of the molecule is O=C(N[C@@H](Cc1cnc[nH]1)C(=O)O)c1cc[nH]c(=O)c1. The number of pyridine rings is 1. The number of carbonyl (C=O) groups excluding carboxylic acids is 1. The van der Waals surface area contributed by atoms with Gasteiger partial charge in [0.1, 0.15) is 6.04 Å². The summed E-state index contributed by atoms with van der Waals surface area (Å²) in [4.78, 5) is 43.0. The Morgan fingerprint density at radius 2 is 2.20 bits per heavy atom. The van der Waals surface area contributed by atoms with E-state index in [9.17, 15) is 14.4 Å². The lowest BCUT2D eigenvalue weighted by atomic mass is 10.1. The Balaban J connectivity index is 2.10. The van der Waals surface area contributed by atoms with Crippen molar-refractivity contribution in [3.05, 3.63) is 52.5 Å². The first kappa shape index (κ1) is 13.5. The van der Waals surface area contributed by atoms with Crippen LogP contribution in [0, 0.1) is 0 Å². The standard InChI is InChI=1S/C12H12N4O4/c17-10-3-7(1-2-14-10)11(18)16-9(12(19)20)4-8-5-13-6-15-8/h1-3,5-6,9H,4H2,(H,13,15)(H,14,17)(H,16,18)(H,19,20)/t9-/m0/s1. The van der Waals surface area contributed by atoms with Crippen molar-refractivity contribution in [3.63, 3.8) is 0 Å². The van der Waals surface area contributed by atoms with Crippen LogP contribution in [0.5, 0.6) is 0 Å². The summed E-state index contributed by atoms with van der Waals surface area (Å²) in [6.45, 7) is 0. The van der Waals surface area contributed by atoms with E-state index < -0.39 is 23.5 Å². The second-order valence-corrected chi connectivity index (χ2v) is 4.09. The molecule has 1 atom stereocenters. The summed E-state index contributed by atoms with van der Waals surface area (Å²) in [6.07, 6.45) is 4.30. The first-order valence-electron chi connectivity index (χ1n) is 5.76. The molecule has 8 nitrogen and oxygen atoms in total. The molecular weight excluding hydrogens is 264 g/mol. The number of nitrogens with one attached hydrogen (secondary N) is 3. The molecule has 0 aromatic carbocycles. The topological polar surface area (TPSA) is 128 Å². The van der Waals surface area contributed by atoms with Crippen molar-refractivity contribution in [2.75, 3.05) is 0 Å². The smallest absolute Gasteiger partial charge is 0.326 e. The molecule has 1 amide bonds. The van der Waals surface area contributed by atoms with Crippen molar-refractivity contribution in [1.29, 1.82) is 0 Å². The molecular formula is C12H12N4O4. The second-order valence-electron chi connectivity index (χ2n) is 4.09. The van der Waals surface area contributed by atoms with Crippen LogP contribution in [-0.2, 0) is 11.2 Å². The van der Waals surface area contributed by atoms with Crippen LogP contribution in [0.1, 0.15) is 16.1 Å². The molecule has 2 rings (SSSR count). The van der Waals surface area contributed by atoms with Gasteiger partial charge in [-0.15, -0.1) is 0 Å². The summed E-state index contributed by atoms with van der Waals surface area (Å²) in [7, 11) is 0. The molecule has 0 bridgehead atoms. The summed E-state index contributed by atoms with van der Waals surface area (Å²) in [5, 5.41) is 11.5. The fourth-order valence-corrected chi connectivity index (χ4v) is 1.64. The van der Waals surface area contributed by atoms with Gasteiger partial charge in [0.05, 0.1) is 6.33 Å². The van der Waals surface area contributed by atoms with Crippen molar-refractivity contribution >= 4 is 11.9 Å². The lowest BCUT2D eigenvalue weighted by molar-refractivity contribution is -0.139. The molecule has 4 N–H and O–H groups in total. The molecule has 20 heavy (non-hydrogen) atoms. The Hall–Kier alpha value is -2.90. The van der Waals surface area contributed by atoms with Crippen LogP contribution in [0.4, 0.5) is 0 Å². The lowest BCUT2D eigenvalue weighted by Gasteiger charge is -2.13. The molecule has 2 aromatic rings. The molecule has 0 saturated carbocycles. The van der Waals surface area contributed by atoms with Gasteiger partial charge in [-0.05, 0) is 6.07 Å². The highest BCUT2D eigenvalue weighted by Crippen LogP contribution is 2.01. The molecule has 0 aliphatic heterocycles. The Labute approximate surface area is 112 Å². The molecule has 0 aliphatic rings. The number of carbonyl (C=O) groups is 2. The van der Waals surface area contributed by atoms with Crippen LogP contribution in [0.2, 0.25) is 0 Å². The number of H-pyrrole nitrogens is 2. The quantitative estimate of drug-likeness (QED) is 0.586. The van der Waals surface area contributed by atoms with Gasteiger partial charge in [0.15, 0.2) is 0 Å². The molecule has 2 aromatic heterocycles. The second kappa shape index (κ2) is 5.83. The minimum absolute atomic E-state index is 0.0737. The largest absolute Gasteiger partial charge is 0.480 e. The van der Waals surface area contributed by atoms with Gasteiger partial charge in [0.2, 0.25) is 5.56 Å². The maximum absolute atomic E-state index is 11.9. The van der Waals surface area contributed by atoms with E-state index in [-0.39, 0.29) is 12.0 Å². The van der Waals surface area contributed by atoms with Crippen molar-refractivity contribution in [3.8, 4) is 0 Å². The predicted molar refractivity (Wildman–Crippen MR) is 68.2 cm³/mol. The minimum atomic E-state index is -1.17. The van der Waals surface area contributed by atoms with Gasteiger partial charge in [0.25, 0.3) is 5.91 Å². The summed E-state index contributed by atoms with van der Waals surface area (Å²) < 4.78 is 0. The Morgan fingerprint density at radius 1 is 1.40 bits per heavy atom. The zero-order valence-electron chi connectivity index (χ0n) is 10.3. The van der Waals surface area contributed by atoms with E-state index in [2.05, 4.69) is 20.3 Å². The first-order valence-corrected chi connectivity index (χ1v) is 5.76. The van der Waals surface area contributed by atoms with Crippen molar-refractivity contribution < 1.29 is 14.7 Å². The van der Waals surface area contributed by atoms with Crippen LogP contribution in [0.3, 0.4) is 0 Å². The molecule has 8 heteroatoms. The number of aromatic nitrogens is 3. The van der Waals surface area contributed by atoms with E-state index in [1.165, 1.54) is 24.8 Å². The number of aliphatic carboxylic acids is 1. The van der Waals surface area contributed by atoms with E-state index >= 15 is 0 Å². The lowest BCUT2D eigenvalue weighted by Crippen LogP contribution is -2.42. The summed E-state index contributed by atoms with van der Waals surface area (Å²) >= 11 is 0. The number of aromatic amines is 2. The summed E-state index contributed by atoms with van der Waals surface area (Å²) in [5.41, 5.74) is 0.256. The number of carboxylic acids is 1. The Bertz CT molecular complexity index is 662. The molecule has 0 spiro atoms. The molecule has 0 saturated heterocycles. The zero-order valence-corrected chi connectivity index (χ0v) is 10.3. The van der Waals surface area contributed by atoms with Crippen LogP contribution >= 0.6 is 0 Å². The van der Waals surface area contributed by atoms with Crippen LogP contribution in [-0.4, -0.2) is 38.0 Å². The predicted octanol–water partition coefficient (Wildman–Crippen LogP) is -0.476. The highest BCUT2D eigenvalue weighted by molar-refractivity contribution is 5.96. The number of carboxylic acid groups (broad SMARTS) is 1. The summed E-state index contributed by atoms with van der Waals surface area (Å²) in [6, 6.07) is 1.39. The molecule has 0 unspecified atom stereocenters. The molecule has 104 valence electrons. The summed E-state index contributed by atoms with van der Waals surface area (Å²) in [5.74, 6) is -1.79. The average molecular weight is 276 g/mol. The van der Waals surface area contributed by atoms with Gasteiger partial charge < -0.3 is 20.4 Å². The maximum atomic E-state index is 11.9. The van der Waals surface area contributed by atoms with Gasteiger partial charge in [0, 0.05) is 36.1 Å². The third-order valence-electron chi connectivity index (χ3n) is 2.62. The van der Waals surface area contributed by atoms with Gasteiger partial charge in [-0.3, -0.25) is 9.59 Å². The van der Waals surface area contributed by atoms with Gasteiger partial charge in [-0.25, -0.2) is 9.78 Å². The number of amides is 1. The monoisotopic (exact) mass is 276 g/mol. The minimum Gasteiger partial charge on any atom is -0.480 e. The number of hydrogen-bond donors (Lipinski definition) is 4. The Morgan fingerprint density at radius 3 is 2.80 bits per heavy atom. The van der Waals surface area contributed by atoms with Crippen molar-refractivity contribution in [2.45, 2.75) is 12.5 Å². The van der Waals surface area contributed by atoms with E-state index in [1.54, 1.807) is 0 Å². The van der Waals surface area contributed by atoms with Crippen molar-refractivity contribution in [2.24, 2.45) is 0 Å². The molecule has 0 radical (unpaired) electrons. The van der Waals surface area contributed by atoms with E-state index in [0.717, 1.165) is 6.07 Å². The van der Waals surface area contributed by atoms with Crippen LogP contribution in [0.25, 0.3) is 0 Å². The molecule has 0 fully saturated rings. The van der Waals surface area contributed by atoms with Gasteiger partial charge >= 0.3 is 5.97 Å². The van der Waals surface area contributed by atoms with E-state index in [1.807, 2.05) is 0 Å². The number of imidazole rings is 1. The van der Waals surface area contributed by atoms with E-state index in [0.29, 0.717) is 5.69 Å². The third kappa shape index (κ3) is 3.31. The third-order valence-corrected chi connectivity index (χ3v) is 2.62. The molecule has 2 heterocycles. The fourth-order valence-electron chi connectivity index (χ4n) is 1.64. The molecule has 0 aliphatic carbocycles. The highest BCUT2D eigenvalue weighted by Gasteiger charge is 2.21. The highest BCUT2D eigenvalue weighted by atomic mass is 16.4. The normalized spacial score (nSPS) is 11.8. The van der Waals surface area contributed by atoms with E-state index in [4.69, 9.17) is 5.11 Å². The van der Waals surface area contributed by atoms with Crippen molar-refractivity contribution in [1.82, 2.24) is 20.3 Å². The average Bonchev–Trinajstić information content (AvgIpc) is 2.90. The van der Waals surface area contributed by atoms with Gasteiger partial charge in [-0.2, -0.15) is 0 Å². The number of hydrogen-bond acceptors (Lipinski definition) is 4. The maximum Gasteiger partial charge on any atom is 0.326 e. The first-order chi connectivity index (χ1) is 9.56. The van der Waals surface area contributed by atoms with Gasteiger partial charge in [-0.1, -0.05) is 0 Å². The zero-order chi connectivity index (χ0) is 14.5. The number of rotatable bonds is 5. The van der Waals surface area contributed by atoms with Crippen LogP contribution in [0.15, 0.2) is 35.6 Å².